The van der Waals surface area contributed by atoms with E-state index in [1.54, 1.807) is 0 Å². The van der Waals surface area contributed by atoms with Crippen molar-refractivity contribution in [3.63, 3.8) is 0 Å². The van der Waals surface area contributed by atoms with Crippen LogP contribution in [0, 0.1) is 6.92 Å². The van der Waals surface area contributed by atoms with Crippen molar-refractivity contribution in [1.82, 2.24) is 0 Å². The fraction of sp³-hybridized carbons (Fsp3) is 0.278. The van der Waals surface area contributed by atoms with Crippen molar-refractivity contribution in [3.05, 3.63) is 66.1 Å². The molecule has 1 aliphatic rings. The molecule has 18 heavy (non-hydrogen) atoms. The van der Waals surface area contributed by atoms with Crippen LogP contribution in [-0.2, 0) is 6.42 Å². The van der Waals surface area contributed by atoms with E-state index in [2.05, 4.69) is 56.3 Å². The zero-order chi connectivity index (χ0) is 12.5. The van der Waals surface area contributed by atoms with E-state index in [0.717, 1.165) is 6.42 Å². The molecular weight excluding hydrogens is 216 g/mol. The van der Waals surface area contributed by atoms with E-state index in [1.807, 2.05) is 0 Å². The van der Waals surface area contributed by atoms with Gasteiger partial charge in [0, 0.05) is 0 Å². The summed E-state index contributed by atoms with van der Waals surface area (Å²) < 4.78 is 0. The molecule has 1 radical (unpaired) electrons. The highest BCUT2D eigenvalue weighted by Crippen LogP contribution is 2.40. The minimum atomic E-state index is 0.430. The lowest BCUT2D eigenvalue weighted by molar-refractivity contribution is 0.709. The number of hydrogen-bond acceptors (Lipinski definition) is 0. The Bertz CT molecular complexity index is 566. The predicted octanol–water partition coefficient (Wildman–Crippen LogP) is 4.98. The van der Waals surface area contributed by atoms with Crippen LogP contribution in [-0.4, -0.2) is 0 Å². The average molecular weight is 235 g/mol. The summed E-state index contributed by atoms with van der Waals surface area (Å²) in [5.74, 6) is 0.430. The van der Waals surface area contributed by atoms with Crippen LogP contribution in [0.25, 0.3) is 11.1 Å². The monoisotopic (exact) mass is 235 g/mol. The first-order valence-corrected chi connectivity index (χ1v) is 6.84. The molecule has 1 aliphatic carbocycles. The summed E-state index contributed by atoms with van der Waals surface area (Å²) >= 11 is 0. The fourth-order valence-corrected chi connectivity index (χ4v) is 3.07. The minimum Gasteiger partial charge on any atom is -0.0654 e. The Morgan fingerprint density at radius 2 is 1.83 bits per heavy atom. The van der Waals surface area contributed by atoms with Gasteiger partial charge in [-0.25, -0.2) is 0 Å². The first-order chi connectivity index (χ1) is 8.81. The molecule has 0 aromatic heterocycles. The van der Waals surface area contributed by atoms with Gasteiger partial charge in [0.25, 0.3) is 0 Å². The average Bonchev–Trinajstić information content (AvgIpc) is 2.77. The smallest absolute Gasteiger partial charge is 0.00106 e. The molecule has 91 valence electrons. The van der Waals surface area contributed by atoms with Crippen molar-refractivity contribution in [2.45, 2.75) is 32.1 Å². The summed E-state index contributed by atoms with van der Waals surface area (Å²) in [5, 5.41) is 0. The van der Waals surface area contributed by atoms with Crippen LogP contribution in [0.4, 0.5) is 0 Å². The van der Waals surface area contributed by atoms with Crippen LogP contribution < -0.4 is 0 Å². The summed E-state index contributed by atoms with van der Waals surface area (Å²) in [6, 6.07) is 15.5. The van der Waals surface area contributed by atoms with Crippen LogP contribution in [0.2, 0.25) is 0 Å². The van der Waals surface area contributed by atoms with Crippen LogP contribution >= 0.6 is 0 Å². The molecule has 0 heterocycles. The fourth-order valence-electron chi connectivity index (χ4n) is 3.07. The Kier molecular flexibility index (Phi) is 2.95. The number of rotatable bonds is 3. The predicted molar refractivity (Wildman–Crippen MR) is 77.7 cm³/mol. The molecule has 0 heteroatoms. The third-order valence-electron chi connectivity index (χ3n) is 3.96. The maximum Gasteiger partial charge on any atom is -0.00106 e. The Balaban J connectivity index is 2.08. The van der Waals surface area contributed by atoms with Crippen LogP contribution in [0.5, 0.6) is 0 Å². The Hall–Kier alpha value is -1.56. The van der Waals surface area contributed by atoms with Crippen molar-refractivity contribution >= 4 is 0 Å². The van der Waals surface area contributed by atoms with Crippen molar-refractivity contribution < 1.29 is 0 Å². The van der Waals surface area contributed by atoms with Gasteiger partial charge in [0.05, 0.1) is 0 Å². The molecule has 0 amide bonds. The van der Waals surface area contributed by atoms with E-state index in [9.17, 15) is 0 Å². The summed E-state index contributed by atoms with van der Waals surface area (Å²) in [7, 11) is 0. The third kappa shape index (κ3) is 1.77. The lowest BCUT2D eigenvalue weighted by Gasteiger charge is -2.15. The van der Waals surface area contributed by atoms with E-state index in [4.69, 9.17) is 0 Å². The summed E-state index contributed by atoms with van der Waals surface area (Å²) in [6.07, 6.45) is 3.45. The van der Waals surface area contributed by atoms with E-state index >= 15 is 0 Å². The van der Waals surface area contributed by atoms with Crippen molar-refractivity contribution in [3.8, 4) is 11.1 Å². The SMILES string of the molecule is [CH2]C(CCC)c1cccc2c1Cc1ccccc1-2. The molecule has 2 aromatic rings. The molecule has 0 fully saturated rings. The largest absolute Gasteiger partial charge is 0.0654 e. The van der Waals surface area contributed by atoms with Crippen molar-refractivity contribution in [2.24, 2.45) is 0 Å². The maximum absolute atomic E-state index is 4.34. The quantitative estimate of drug-likeness (QED) is 0.601. The highest BCUT2D eigenvalue weighted by Gasteiger charge is 2.21. The first kappa shape index (κ1) is 11.5. The van der Waals surface area contributed by atoms with Gasteiger partial charge in [-0.15, -0.1) is 0 Å². The molecule has 1 unspecified atom stereocenters. The van der Waals surface area contributed by atoms with Gasteiger partial charge in [-0.2, -0.15) is 0 Å². The summed E-state index contributed by atoms with van der Waals surface area (Å²) in [4.78, 5) is 0. The van der Waals surface area contributed by atoms with Crippen molar-refractivity contribution in [2.75, 3.05) is 0 Å². The lowest BCUT2D eigenvalue weighted by atomic mass is 9.90. The standard InChI is InChI=1S/C18H19/c1-3-7-13(2)15-10-6-11-17-16-9-5-4-8-14(16)12-18(15)17/h4-6,8-11,13H,2-3,7,12H2,1H3. The van der Waals surface area contributed by atoms with Gasteiger partial charge in [-0.1, -0.05) is 55.8 Å². The second-order valence-electron chi connectivity index (χ2n) is 5.19. The van der Waals surface area contributed by atoms with Gasteiger partial charge in [0.2, 0.25) is 0 Å². The van der Waals surface area contributed by atoms with Gasteiger partial charge in [-0.05, 0) is 53.5 Å². The zero-order valence-electron chi connectivity index (χ0n) is 10.9. The van der Waals surface area contributed by atoms with Gasteiger partial charge in [-0.3, -0.25) is 0 Å². The number of fused-ring (bicyclic) bond motifs is 3. The Morgan fingerprint density at radius 3 is 2.67 bits per heavy atom. The molecule has 0 N–H and O–H groups in total. The highest BCUT2D eigenvalue weighted by atomic mass is 14.3. The number of benzene rings is 2. The van der Waals surface area contributed by atoms with E-state index in [0.29, 0.717) is 5.92 Å². The van der Waals surface area contributed by atoms with Gasteiger partial charge in [0.15, 0.2) is 0 Å². The Labute approximate surface area is 110 Å². The molecular formula is C18H19. The second-order valence-corrected chi connectivity index (χ2v) is 5.19. The molecule has 0 saturated heterocycles. The molecule has 0 bridgehead atoms. The summed E-state index contributed by atoms with van der Waals surface area (Å²) in [6.45, 7) is 6.57. The van der Waals surface area contributed by atoms with Crippen molar-refractivity contribution in [1.29, 1.82) is 0 Å². The molecule has 3 rings (SSSR count). The lowest BCUT2D eigenvalue weighted by Crippen LogP contribution is -1.98. The van der Waals surface area contributed by atoms with Crippen LogP contribution in [0.3, 0.4) is 0 Å². The molecule has 0 nitrogen and oxygen atoms in total. The molecule has 0 aliphatic heterocycles. The van der Waals surface area contributed by atoms with Crippen LogP contribution in [0.15, 0.2) is 42.5 Å². The maximum atomic E-state index is 4.34. The van der Waals surface area contributed by atoms with Gasteiger partial charge >= 0.3 is 0 Å². The van der Waals surface area contributed by atoms with E-state index in [-0.39, 0.29) is 0 Å². The molecule has 2 aromatic carbocycles. The van der Waals surface area contributed by atoms with Crippen LogP contribution in [0.1, 0.15) is 42.4 Å². The molecule has 1 atom stereocenters. The second kappa shape index (κ2) is 4.61. The topological polar surface area (TPSA) is 0 Å². The zero-order valence-corrected chi connectivity index (χ0v) is 10.9. The van der Waals surface area contributed by atoms with Gasteiger partial charge in [0.1, 0.15) is 0 Å². The number of hydrogen-bond donors (Lipinski definition) is 0. The molecule has 0 saturated carbocycles. The first-order valence-electron chi connectivity index (χ1n) is 6.84. The molecule has 0 spiro atoms. The normalized spacial score (nSPS) is 14.1. The Morgan fingerprint density at radius 1 is 1.06 bits per heavy atom. The minimum absolute atomic E-state index is 0.430. The highest BCUT2D eigenvalue weighted by molar-refractivity contribution is 5.78. The van der Waals surface area contributed by atoms with Gasteiger partial charge < -0.3 is 0 Å². The van der Waals surface area contributed by atoms with E-state index in [1.165, 1.54) is 40.7 Å². The third-order valence-corrected chi connectivity index (χ3v) is 3.96. The summed E-state index contributed by atoms with van der Waals surface area (Å²) in [5.41, 5.74) is 7.26. The van der Waals surface area contributed by atoms with E-state index < -0.39 is 0 Å².